The van der Waals surface area contributed by atoms with Crippen LogP contribution in [-0.2, 0) is 4.79 Å². The number of carbonyl (C=O) groups excluding carboxylic acids is 1. The molecule has 2 N–H and O–H groups in total. The second-order valence-corrected chi connectivity index (χ2v) is 5.23. The number of carboxylic acid groups (broad SMARTS) is 1. The molecule has 1 saturated heterocycles. The lowest BCUT2D eigenvalue weighted by atomic mass is 9.97. The number of nitrogens with zero attached hydrogens (tertiary/aromatic N) is 2. The molecular formula is C13H15N3O5. The summed E-state index contributed by atoms with van der Waals surface area (Å²) < 4.78 is 0. The number of piperazine rings is 1. The average Bonchev–Trinajstić information content (AvgIpc) is 2.41. The summed E-state index contributed by atoms with van der Waals surface area (Å²) in [6.45, 7) is 3.98. The van der Waals surface area contributed by atoms with Gasteiger partial charge in [0, 0.05) is 19.2 Å². The Bertz CT molecular complexity index is 626. The van der Waals surface area contributed by atoms with Gasteiger partial charge < -0.3 is 15.3 Å². The second kappa shape index (κ2) is 5.04. The largest absolute Gasteiger partial charge is 0.478 e. The molecule has 0 aromatic heterocycles. The summed E-state index contributed by atoms with van der Waals surface area (Å²) in [5.74, 6) is -1.44. The van der Waals surface area contributed by atoms with Gasteiger partial charge in [0.05, 0.1) is 10.5 Å². The first kappa shape index (κ1) is 14.8. The Balaban J connectivity index is 2.59. The predicted molar refractivity (Wildman–Crippen MR) is 74.5 cm³/mol. The van der Waals surface area contributed by atoms with Crippen LogP contribution in [0.1, 0.15) is 24.2 Å². The van der Waals surface area contributed by atoms with E-state index in [1.54, 1.807) is 18.7 Å². The highest BCUT2D eigenvalue weighted by atomic mass is 16.6. The van der Waals surface area contributed by atoms with Gasteiger partial charge in [0.1, 0.15) is 11.2 Å². The molecule has 2 rings (SSSR count). The minimum Gasteiger partial charge on any atom is -0.478 e. The molecule has 1 amide bonds. The monoisotopic (exact) mass is 293 g/mol. The Morgan fingerprint density at radius 3 is 2.71 bits per heavy atom. The van der Waals surface area contributed by atoms with Crippen LogP contribution in [-0.4, -0.2) is 40.5 Å². The fourth-order valence-electron chi connectivity index (χ4n) is 2.35. The molecule has 1 fully saturated rings. The average molecular weight is 293 g/mol. The highest BCUT2D eigenvalue weighted by Gasteiger charge is 2.40. The van der Waals surface area contributed by atoms with E-state index in [0.717, 1.165) is 6.07 Å². The number of nitro groups is 1. The van der Waals surface area contributed by atoms with Crippen LogP contribution < -0.4 is 10.2 Å². The predicted octanol–water partition coefficient (Wildman–Crippen LogP) is 1.01. The van der Waals surface area contributed by atoms with Crippen molar-refractivity contribution in [2.45, 2.75) is 19.4 Å². The molecule has 1 aromatic carbocycles. The number of hydrogen-bond donors (Lipinski definition) is 2. The van der Waals surface area contributed by atoms with Gasteiger partial charge >= 0.3 is 5.97 Å². The minimum absolute atomic E-state index is 0.0580. The third kappa shape index (κ3) is 2.51. The van der Waals surface area contributed by atoms with Crippen molar-refractivity contribution in [2.75, 3.05) is 18.0 Å². The Labute approximate surface area is 120 Å². The van der Waals surface area contributed by atoms with Crippen LogP contribution in [0.3, 0.4) is 0 Å². The third-order valence-corrected chi connectivity index (χ3v) is 3.56. The molecule has 0 atom stereocenters. The molecule has 0 aliphatic carbocycles. The number of carboxylic acids is 1. The first-order chi connectivity index (χ1) is 9.75. The quantitative estimate of drug-likeness (QED) is 0.635. The van der Waals surface area contributed by atoms with E-state index >= 15 is 0 Å². The van der Waals surface area contributed by atoms with E-state index in [9.17, 15) is 19.7 Å². The highest BCUT2D eigenvalue weighted by Crippen LogP contribution is 2.34. The van der Waals surface area contributed by atoms with Gasteiger partial charge in [0.15, 0.2) is 0 Å². The molecule has 0 bridgehead atoms. The number of aromatic carboxylic acids is 1. The fourth-order valence-corrected chi connectivity index (χ4v) is 2.35. The standard InChI is InChI=1S/C13H15N3O5/c1-13(2)12(19)14-5-6-15(13)10-7-8(11(17)18)3-4-9(10)16(20)21/h3-4,7H,5-6H2,1-2H3,(H,14,19)(H,17,18). The topological polar surface area (TPSA) is 113 Å². The molecule has 1 aromatic rings. The van der Waals surface area contributed by atoms with Gasteiger partial charge in [-0.05, 0) is 26.0 Å². The fraction of sp³-hybridized carbons (Fsp3) is 0.385. The van der Waals surface area contributed by atoms with Gasteiger partial charge in [-0.1, -0.05) is 0 Å². The van der Waals surface area contributed by atoms with Crippen molar-refractivity contribution in [3.8, 4) is 0 Å². The van der Waals surface area contributed by atoms with Gasteiger partial charge in [-0.15, -0.1) is 0 Å². The number of amides is 1. The van der Waals surface area contributed by atoms with Gasteiger partial charge in [0.2, 0.25) is 5.91 Å². The maximum atomic E-state index is 12.0. The number of hydrogen-bond acceptors (Lipinski definition) is 5. The van der Waals surface area contributed by atoms with Crippen molar-refractivity contribution in [1.29, 1.82) is 0 Å². The number of anilines is 1. The van der Waals surface area contributed by atoms with Crippen molar-refractivity contribution in [3.63, 3.8) is 0 Å². The van der Waals surface area contributed by atoms with E-state index in [2.05, 4.69) is 5.32 Å². The lowest BCUT2D eigenvalue weighted by Crippen LogP contribution is -2.62. The van der Waals surface area contributed by atoms with Crippen LogP contribution in [0.5, 0.6) is 0 Å². The lowest BCUT2D eigenvalue weighted by Gasteiger charge is -2.42. The number of rotatable bonds is 3. The summed E-state index contributed by atoms with van der Waals surface area (Å²) in [5.41, 5.74) is -1.14. The Hall–Kier alpha value is -2.64. The molecule has 1 aliphatic rings. The summed E-state index contributed by atoms with van der Waals surface area (Å²) in [4.78, 5) is 35.2. The smallest absolute Gasteiger partial charge is 0.335 e. The van der Waals surface area contributed by atoms with Crippen molar-refractivity contribution >= 4 is 23.3 Å². The van der Waals surface area contributed by atoms with Crippen LogP contribution in [0.2, 0.25) is 0 Å². The second-order valence-electron chi connectivity index (χ2n) is 5.23. The molecule has 21 heavy (non-hydrogen) atoms. The SMILES string of the molecule is CC1(C)C(=O)NCCN1c1cc(C(=O)O)ccc1[N+](=O)[O-]. The summed E-state index contributed by atoms with van der Waals surface area (Å²) in [6.07, 6.45) is 0. The molecule has 8 nitrogen and oxygen atoms in total. The van der Waals surface area contributed by atoms with Gasteiger partial charge in [-0.25, -0.2) is 4.79 Å². The molecule has 8 heteroatoms. The highest BCUT2D eigenvalue weighted by molar-refractivity contribution is 5.94. The van der Waals surface area contributed by atoms with Crippen LogP contribution in [0, 0.1) is 10.1 Å². The number of benzene rings is 1. The molecule has 0 saturated carbocycles. The van der Waals surface area contributed by atoms with Gasteiger partial charge in [0.25, 0.3) is 5.69 Å². The van der Waals surface area contributed by atoms with Gasteiger partial charge in [-0.2, -0.15) is 0 Å². The summed E-state index contributed by atoms with van der Waals surface area (Å²) in [7, 11) is 0. The van der Waals surface area contributed by atoms with E-state index < -0.39 is 16.4 Å². The Morgan fingerprint density at radius 2 is 2.14 bits per heavy atom. The molecule has 0 unspecified atom stereocenters. The summed E-state index contributed by atoms with van der Waals surface area (Å²) in [6, 6.07) is 3.57. The number of carbonyl (C=O) groups is 2. The Morgan fingerprint density at radius 1 is 1.48 bits per heavy atom. The normalized spacial score (nSPS) is 17.2. The third-order valence-electron chi connectivity index (χ3n) is 3.56. The number of nitrogens with one attached hydrogen (secondary N) is 1. The maximum Gasteiger partial charge on any atom is 0.335 e. The summed E-state index contributed by atoms with van der Waals surface area (Å²) in [5, 5.41) is 22.9. The first-order valence-electron chi connectivity index (χ1n) is 6.33. The number of nitro benzene ring substituents is 1. The molecular weight excluding hydrogens is 278 g/mol. The van der Waals surface area contributed by atoms with E-state index in [1.165, 1.54) is 12.1 Å². The molecule has 1 heterocycles. The van der Waals surface area contributed by atoms with Crippen LogP contribution >= 0.6 is 0 Å². The minimum atomic E-state index is -1.18. The zero-order valence-corrected chi connectivity index (χ0v) is 11.6. The van der Waals surface area contributed by atoms with Crippen molar-refractivity contribution in [3.05, 3.63) is 33.9 Å². The van der Waals surface area contributed by atoms with E-state index in [0.29, 0.717) is 13.1 Å². The Kier molecular flexibility index (Phi) is 3.54. The van der Waals surface area contributed by atoms with Crippen molar-refractivity contribution in [2.24, 2.45) is 0 Å². The van der Waals surface area contributed by atoms with E-state index in [-0.39, 0.29) is 22.8 Å². The zero-order chi connectivity index (χ0) is 15.8. The molecule has 0 radical (unpaired) electrons. The molecule has 0 spiro atoms. The van der Waals surface area contributed by atoms with Crippen LogP contribution in [0.25, 0.3) is 0 Å². The van der Waals surface area contributed by atoms with Crippen molar-refractivity contribution < 1.29 is 19.6 Å². The van der Waals surface area contributed by atoms with Crippen molar-refractivity contribution in [1.82, 2.24) is 5.32 Å². The first-order valence-corrected chi connectivity index (χ1v) is 6.33. The lowest BCUT2D eigenvalue weighted by molar-refractivity contribution is -0.384. The molecule has 112 valence electrons. The maximum absolute atomic E-state index is 12.0. The van der Waals surface area contributed by atoms with E-state index in [4.69, 9.17) is 5.11 Å². The summed E-state index contributed by atoms with van der Waals surface area (Å²) >= 11 is 0. The van der Waals surface area contributed by atoms with Crippen LogP contribution in [0.4, 0.5) is 11.4 Å². The zero-order valence-electron chi connectivity index (χ0n) is 11.6. The van der Waals surface area contributed by atoms with E-state index in [1.807, 2.05) is 0 Å². The van der Waals surface area contributed by atoms with Crippen LogP contribution in [0.15, 0.2) is 18.2 Å². The molecule has 1 aliphatic heterocycles. The van der Waals surface area contributed by atoms with Gasteiger partial charge in [-0.3, -0.25) is 14.9 Å².